The number of Topliss-reactive ketones (excluding diaryl/α,β-unsaturated/α-hetero) is 1. The smallest absolute Gasteiger partial charge is 0.427 e. The lowest BCUT2D eigenvalue weighted by molar-refractivity contribution is 0.0639. The highest BCUT2D eigenvalue weighted by molar-refractivity contribution is 6.52. The third-order valence-electron chi connectivity index (χ3n) is 3.76. The molecule has 0 saturated carbocycles. The molecule has 1 saturated heterocycles. The summed E-state index contributed by atoms with van der Waals surface area (Å²) >= 11 is 0. The van der Waals surface area contributed by atoms with E-state index in [0.717, 1.165) is 24.4 Å². The van der Waals surface area contributed by atoms with E-state index in [0.29, 0.717) is 18.8 Å². The van der Waals surface area contributed by atoms with Crippen LogP contribution in [0, 0.1) is 0 Å². The van der Waals surface area contributed by atoms with Crippen molar-refractivity contribution < 1.29 is 19.1 Å². The van der Waals surface area contributed by atoms with Gasteiger partial charge in [-0.2, -0.15) is 5.10 Å². The van der Waals surface area contributed by atoms with Crippen LogP contribution in [0.15, 0.2) is 35.4 Å². The van der Waals surface area contributed by atoms with Gasteiger partial charge in [0.15, 0.2) is 0 Å². The first-order valence-corrected chi connectivity index (χ1v) is 7.31. The molecule has 0 aromatic heterocycles. The third kappa shape index (κ3) is 3.09. The molecule has 1 fully saturated rings. The van der Waals surface area contributed by atoms with Crippen molar-refractivity contribution in [3.8, 4) is 0 Å². The largest absolute Gasteiger partial charge is 0.452 e. The van der Waals surface area contributed by atoms with Gasteiger partial charge in [-0.3, -0.25) is 4.79 Å². The van der Waals surface area contributed by atoms with Crippen LogP contribution in [0.25, 0.3) is 5.70 Å². The number of hydrogen-bond donors (Lipinski definition) is 1. The van der Waals surface area contributed by atoms with Crippen molar-refractivity contribution in [3.63, 3.8) is 0 Å². The van der Waals surface area contributed by atoms with Crippen LogP contribution in [-0.4, -0.2) is 55.9 Å². The van der Waals surface area contributed by atoms with Gasteiger partial charge in [-0.05, 0) is 6.08 Å². The lowest BCUT2D eigenvalue weighted by Crippen LogP contribution is -2.37. The fourth-order valence-corrected chi connectivity index (χ4v) is 2.62. The van der Waals surface area contributed by atoms with Gasteiger partial charge in [-0.1, -0.05) is 24.3 Å². The second kappa shape index (κ2) is 6.62. The van der Waals surface area contributed by atoms with Crippen LogP contribution >= 0.6 is 0 Å². The number of nitrogens with zero attached hydrogens (tertiary/aromatic N) is 2. The maximum Gasteiger partial charge on any atom is 0.427 e. The number of allylic oxidation sites excluding steroid dienone is 1. The predicted molar refractivity (Wildman–Crippen MR) is 84.1 cm³/mol. The summed E-state index contributed by atoms with van der Waals surface area (Å²) < 4.78 is 9.85. The van der Waals surface area contributed by atoms with E-state index in [1.54, 1.807) is 12.1 Å². The molecule has 3 rings (SSSR count). The number of ether oxygens (including phenoxy) is 2. The van der Waals surface area contributed by atoms with Gasteiger partial charge in [0, 0.05) is 29.9 Å². The highest BCUT2D eigenvalue weighted by Gasteiger charge is 2.28. The number of benzene rings is 1. The van der Waals surface area contributed by atoms with E-state index in [-0.39, 0.29) is 11.5 Å². The number of morpholine rings is 1. The molecule has 120 valence electrons. The van der Waals surface area contributed by atoms with Crippen molar-refractivity contribution in [3.05, 3.63) is 41.5 Å². The maximum absolute atomic E-state index is 12.5. The number of hydrazone groups is 1. The molecule has 7 heteroatoms. The molecule has 0 spiro atoms. The number of rotatable bonds is 2. The minimum absolute atomic E-state index is 0.176. The minimum Gasteiger partial charge on any atom is -0.452 e. The Labute approximate surface area is 133 Å². The molecule has 7 nitrogen and oxygen atoms in total. The van der Waals surface area contributed by atoms with E-state index < -0.39 is 6.09 Å². The first kappa shape index (κ1) is 15.2. The van der Waals surface area contributed by atoms with Crippen molar-refractivity contribution in [1.29, 1.82) is 0 Å². The van der Waals surface area contributed by atoms with Gasteiger partial charge in [0.25, 0.3) is 0 Å². The molecule has 0 radical (unpaired) electrons. The summed E-state index contributed by atoms with van der Waals surface area (Å²) in [6, 6.07) is 7.39. The van der Waals surface area contributed by atoms with E-state index in [9.17, 15) is 9.59 Å². The summed E-state index contributed by atoms with van der Waals surface area (Å²) in [5.74, 6) is -0.228. The van der Waals surface area contributed by atoms with Gasteiger partial charge >= 0.3 is 6.09 Å². The summed E-state index contributed by atoms with van der Waals surface area (Å²) in [5, 5.41) is 3.89. The number of nitrogens with one attached hydrogen (secondary N) is 1. The Morgan fingerprint density at radius 2 is 1.96 bits per heavy atom. The zero-order valence-electron chi connectivity index (χ0n) is 12.7. The fourth-order valence-electron chi connectivity index (χ4n) is 2.62. The number of methoxy groups -OCH3 is 1. The number of fused-ring (bicyclic) bond motifs is 1. The number of hydrogen-bond acceptors (Lipinski definition) is 6. The second-order valence-corrected chi connectivity index (χ2v) is 5.10. The van der Waals surface area contributed by atoms with E-state index in [2.05, 4.69) is 20.2 Å². The van der Waals surface area contributed by atoms with Crippen molar-refractivity contribution in [1.82, 2.24) is 10.3 Å². The molecule has 23 heavy (non-hydrogen) atoms. The van der Waals surface area contributed by atoms with E-state index in [1.165, 1.54) is 7.11 Å². The van der Waals surface area contributed by atoms with Crippen LogP contribution in [0.4, 0.5) is 4.79 Å². The molecular weight excluding hydrogens is 298 g/mol. The van der Waals surface area contributed by atoms with Crippen LogP contribution < -0.4 is 5.43 Å². The van der Waals surface area contributed by atoms with Crippen LogP contribution in [0.3, 0.4) is 0 Å². The Balaban J connectivity index is 1.99. The molecule has 1 aromatic rings. The highest BCUT2D eigenvalue weighted by Crippen LogP contribution is 2.28. The molecule has 1 amide bonds. The molecule has 1 heterocycles. The third-order valence-corrected chi connectivity index (χ3v) is 3.76. The zero-order chi connectivity index (χ0) is 16.2. The van der Waals surface area contributed by atoms with Gasteiger partial charge in [-0.25, -0.2) is 10.2 Å². The number of carbonyl (C=O) groups excluding carboxylic acids is 2. The quantitative estimate of drug-likeness (QED) is 0.831. The predicted octanol–water partition coefficient (Wildman–Crippen LogP) is 1.27. The average Bonchev–Trinajstić information content (AvgIpc) is 2.61. The first-order chi connectivity index (χ1) is 11.2. The number of carbonyl (C=O) groups is 2. The molecule has 2 aliphatic rings. The van der Waals surface area contributed by atoms with Crippen molar-refractivity contribution >= 4 is 23.3 Å². The summed E-state index contributed by atoms with van der Waals surface area (Å²) in [4.78, 5) is 25.9. The number of amides is 1. The van der Waals surface area contributed by atoms with Gasteiger partial charge in [0.1, 0.15) is 5.71 Å². The minimum atomic E-state index is -0.717. The summed E-state index contributed by atoms with van der Waals surface area (Å²) in [5.41, 5.74) is 4.74. The Hall–Kier alpha value is -2.67. The number of ketones is 1. The topological polar surface area (TPSA) is 80.2 Å². The van der Waals surface area contributed by atoms with Crippen molar-refractivity contribution in [2.45, 2.75) is 0 Å². The highest BCUT2D eigenvalue weighted by atomic mass is 16.5. The molecule has 1 aromatic carbocycles. The Kier molecular flexibility index (Phi) is 4.38. The van der Waals surface area contributed by atoms with Crippen LogP contribution in [0.1, 0.15) is 15.9 Å². The molecule has 1 N–H and O–H groups in total. The fraction of sp³-hybridized carbons (Fsp3) is 0.312. The molecular formula is C16H17N3O4. The van der Waals surface area contributed by atoms with Crippen LogP contribution in [0.2, 0.25) is 0 Å². The Morgan fingerprint density at radius 1 is 1.26 bits per heavy atom. The van der Waals surface area contributed by atoms with Crippen molar-refractivity contribution in [2.75, 3.05) is 33.4 Å². The Bertz CT molecular complexity index is 690. The van der Waals surface area contributed by atoms with Crippen LogP contribution in [0.5, 0.6) is 0 Å². The summed E-state index contributed by atoms with van der Waals surface area (Å²) in [6.45, 7) is 2.76. The molecule has 1 aliphatic heterocycles. The normalized spacial score (nSPS) is 19.2. The van der Waals surface area contributed by atoms with Crippen molar-refractivity contribution in [2.24, 2.45) is 5.10 Å². The molecule has 0 bridgehead atoms. The van der Waals surface area contributed by atoms with Crippen LogP contribution in [-0.2, 0) is 9.47 Å². The zero-order valence-corrected chi connectivity index (χ0v) is 12.7. The van der Waals surface area contributed by atoms with Gasteiger partial charge in [-0.15, -0.1) is 0 Å². The Morgan fingerprint density at radius 3 is 2.65 bits per heavy atom. The van der Waals surface area contributed by atoms with E-state index in [1.807, 2.05) is 18.2 Å². The van der Waals surface area contributed by atoms with E-state index >= 15 is 0 Å². The summed E-state index contributed by atoms with van der Waals surface area (Å²) in [7, 11) is 1.24. The maximum atomic E-state index is 12.5. The lowest BCUT2D eigenvalue weighted by Gasteiger charge is -2.33. The SMILES string of the molecule is COC(=O)NN=C1C=C(N2CCOCC2)c2ccccc2C1=O. The second-order valence-electron chi connectivity index (χ2n) is 5.10. The lowest BCUT2D eigenvalue weighted by atomic mass is 9.91. The van der Waals surface area contributed by atoms with Gasteiger partial charge in [0.2, 0.25) is 5.78 Å². The summed E-state index contributed by atoms with van der Waals surface area (Å²) in [6.07, 6.45) is 0.983. The molecule has 1 aliphatic carbocycles. The average molecular weight is 315 g/mol. The van der Waals surface area contributed by atoms with E-state index in [4.69, 9.17) is 4.74 Å². The monoisotopic (exact) mass is 315 g/mol. The molecule has 0 unspecified atom stereocenters. The first-order valence-electron chi connectivity index (χ1n) is 7.31. The standard InChI is InChI=1S/C16H17N3O4/c1-22-16(21)18-17-13-10-14(19-6-8-23-9-7-19)11-4-2-3-5-12(11)15(13)20/h2-5,10H,6-9H2,1H3,(H,18,21). The van der Waals surface area contributed by atoms with Gasteiger partial charge in [0.05, 0.1) is 20.3 Å². The van der Waals surface area contributed by atoms with Gasteiger partial charge < -0.3 is 14.4 Å². The molecule has 0 atom stereocenters.